The van der Waals surface area contributed by atoms with Crippen molar-refractivity contribution in [3.8, 4) is 0 Å². The van der Waals surface area contributed by atoms with Crippen LogP contribution in [0.1, 0.15) is 39.5 Å². The summed E-state index contributed by atoms with van der Waals surface area (Å²) in [6, 6.07) is 0. The normalized spacial score (nSPS) is 13.8. The molecule has 0 radical (unpaired) electrons. The molecule has 0 bridgehead atoms. The zero-order valence-corrected chi connectivity index (χ0v) is 12.2. The molecule has 0 spiro atoms. The molecule has 0 aliphatic heterocycles. The van der Waals surface area contributed by atoms with Gasteiger partial charge in [-0.25, -0.2) is 8.42 Å². The van der Waals surface area contributed by atoms with Gasteiger partial charge in [0.05, 0.1) is 18.5 Å². The summed E-state index contributed by atoms with van der Waals surface area (Å²) in [4.78, 5) is 0. The predicted molar refractivity (Wildman–Crippen MR) is 70.0 cm³/mol. The van der Waals surface area contributed by atoms with Crippen molar-refractivity contribution < 1.29 is 17.9 Å². The van der Waals surface area contributed by atoms with Crippen LogP contribution in [0.5, 0.6) is 0 Å². The molecule has 4 nitrogen and oxygen atoms in total. The van der Waals surface area contributed by atoms with Crippen LogP contribution in [0, 0.1) is 0 Å². The second-order valence-electron chi connectivity index (χ2n) is 4.00. The number of halogens is 1. The molecule has 0 heterocycles. The smallest absolute Gasteiger partial charge is 0.232 e. The minimum atomic E-state index is -3.32. The third-order valence-corrected chi connectivity index (χ3v) is 3.48. The Balaban J connectivity index is 3.23. The summed E-state index contributed by atoms with van der Waals surface area (Å²) in [6.45, 7) is 5.97. The minimum absolute atomic E-state index is 0.0656. The quantitative estimate of drug-likeness (QED) is 0.433. The maximum Gasteiger partial charge on any atom is 0.232 e. The van der Waals surface area contributed by atoms with Crippen LogP contribution in [0.2, 0.25) is 0 Å². The van der Waals surface area contributed by atoms with Crippen LogP contribution in [-0.2, 0) is 18.5 Å². The highest BCUT2D eigenvalue weighted by Gasteiger charge is 2.04. The first-order valence-corrected chi connectivity index (χ1v) is 8.55. The van der Waals surface area contributed by atoms with Gasteiger partial charge in [0, 0.05) is 23.9 Å². The van der Waals surface area contributed by atoms with Gasteiger partial charge in [-0.15, -0.1) is 0 Å². The van der Waals surface area contributed by atoms with Crippen LogP contribution >= 0.6 is 10.7 Å². The van der Waals surface area contributed by atoms with Crippen molar-refractivity contribution in [2.45, 2.75) is 45.6 Å². The average Bonchev–Trinajstić information content (AvgIpc) is 2.23. The van der Waals surface area contributed by atoms with E-state index < -0.39 is 9.05 Å². The van der Waals surface area contributed by atoms with Crippen LogP contribution in [0.25, 0.3) is 0 Å². The van der Waals surface area contributed by atoms with Crippen molar-refractivity contribution in [1.29, 1.82) is 0 Å². The average molecular weight is 287 g/mol. The molecule has 0 saturated heterocycles. The molecule has 6 heteroatoms. The van der Waals surface area contributed by atoms with Crippen molar-refractivity contribution >= 4 is 19.7 Å². The first kappa shape index (κ1) is 17.2. The zero-order chi connectivity index (χ0) is 13.1. The lowest BCUT2D eigenvalue weighted by Gasteiger charge is -2.12. The third kappa shape index (κ3) is 14.1. The van der Waals surface area contributed by atoms with Gasteiger partial charge in [0.15, 0.2) is 0 Å². The Hall–Kier alpha value is 0.160. The van der Waals surface area contributed by atoms with Gasteiger partial charge in [0.25, 0.3) is 0 Å². The molecule has 17 heavy (non-hydrogen) atoms. The van der Waals surface area contributed by atoms with Crippen LogP contribution in [0.15, 0.2) is 0 Å². The highest BCUT2D eigenvalue weighted by atomic mass is 35.7. The first-order valence-electron chi connectivity index (χ1n) is 6.07. The zero-order valence-electron chi connectivity index (χ0n) is 10.7. The number of hydrogen-bond acceptors (Lipinski definition) is 4. The van der Waals surface area contributed by atoms with Gasteiger partial charge < -0.3 is 9.47 Å². The lowest BCUT2D eigenvalue weighted by Crippen LogP contribution is -2.16. The summed E-state index contributed by atoms with van der Waals surface area (Å²) >= 11 is 0. The molecule has 104 valence electrons. The predicted octanol–water partition coefficient (Wildman–Crippen LogP) is 2.56. The fraction of sp³-hybridized carbons (Fsp3) is 1.00. The number of ether oxygens (including phenoxy) is 2. The maximum absolute atomic E-state index is 10.6. The molecule has 0 amide bonds. The Morgan fingerprint density at radius 3 is 2.41 bits per heavy atom. The van der Waals surface area contributed by atoms with E-state index >= 15 is 0 Å². The van der Waals surface area contributed by atoms with Gasteiger partial charge in [-0.2, -0.15) is 0 Å². The summed E-state index contributed by atoms with van der Waals surface area (Å²) in [6.07, 6.45) is 3.53. The standard InChI is InChI=1S/C11H23ClO4S/c1-3-15-10-11(2)16-8-6-4-5-7-9-17(12,13)14/h11H,3-10H2,1-2H3. The number of hydrogen-bond donors (Lipinski definition) is 0. The van der Waals surface area contributed by atoms with E-state index in [0.717, 1.165) is 19.3 Å². The molecule has 0 fully saturated rings. The molecule has 0 aromatic heterocycles. The van der Waals surface area contributed by atoms with Crippen LogP contribution in [0.4, 0.5) is 0 Å². The lowest BCUT2D eigenvalue weighted by molar-refractivity contribution is -0.00456. The summed E-state index contributed by atoms with van der Waals surface area (Å²) < 4.78 is 32.0. The summed E-state index contributed by atoms with van der Waals surface area (Å²) in [5.41, 5.74) is 0. The van der Waals surface area contributed by atoms with E-state index in [1.165, 1.54) is 0 Å². The van der Waals surface area contributed by atoms with E-state index in [1.807, 2.05) is 13.8 Å². The molecule has 1 unspecified atom stereocenters. The van der Waals surface area contributed by atoms with Crippen molar-refractivity contribution in [2.75, 3.05) is 25.6 Å². The van der Waals surface area contributed by atoms with E-state index in [9.17, 15) is 8.42 Å². The van der Waals surface area contributed by atoms with Crippen LogP contribution in [0.3, 0.4) is 0 Å². The van der Waals surface area contributed by atoms with Gasteiger partial charge >= 0.3 is 0 Å². The van der Waals surface area contributed by atoms with Gasteiger partial charge in [-0.3, -0.25) is 0 Å². The Morgan fingerprint density at radius 1 is 1.18 bits per heavy atom. The SMILES string of the molecule is CCOCC(C)OCCCCCCS(=O)(=O)Cl. The highest BCUT2D eigenvalue weighted by molar-refractivity contribution is 8.13. The van der Waals surface area contributed by atoms with Gasteiger partial charge in [0.2, 0.25) is 9.05 Å². The van der Waals surface area contributed by atoms with E-state index in [0.29, 0.717) is 26.2 Å². The van der Waals surface area contributed by atoms with E-state index in [-0.39, 0.29) is 11.9 Å². The maximum atomic E-state index is 10.6. The summed E-state index contributed by atoms with van der Waals surface area (Å²) in [5, 5.41) is 0. The molecule has 0 saturated carbocycles. The molecular weight excluding hydrogens is 264 g/mol. The molecule has 0 aromatic rings. The lowest BCUT2D eigenvalue weighted by atomic mass is 10.2. The fourth-order valence-electron chi connectivity index (χ4n) is 1.35. The summed E-state index contributed by atoms with van der Waals surface area (Å²) in [5.74, 6) is 0.0656. The topological polar surface area (TPSA) is 52.6 Å². The number of unbranched alkanes of at least 4 members (excludes halogenated alkanes) is 3. The summed E-state index contributed by atoms with van der Waals surface area (Å²) in [7, 11) is 1.78. The van der Waals surface area contributed by atoms with Crippen molar-refractivity contribution in [2.24, 2.45) is 0 Å². The van der Waals surface area contributed by atoms with Gasteiger partial charge in [-0.1, -0.05) is 12.8 Å². The fourth-order valence-corrected chi connectivity index (χ4v) is 2.22. The van der Waals surface area contributed by atoms with Gasteiger partial charge in [0.1, 0.15) is 0 Å². The highest BCUT2D eigenvalue weighted by Crippen LogP contribution is 2.06. The molecule has 0 aliphatic carbocycles. The molecule has 0 aliphatic rings. The minimum Gasteiger partial charge on any atom is -0.379 e. The number of rotatable bonds is 11. The van der Waals surface area contributed by atoms with Crippen LogP contribution < -0.4 is 0 Å². The molecular formula is C11H23ClO4S. The molecule has 0 N–H and O–H groups in total. The van der Waals surface area contributed by atoms with Crippen LogP contribution in [-0.4, -0.2) is 40.1 Å². The Bertz CT molecular complexity index is 267. The van der Waals surface area contributed by atoms with E-state index in [1.54, 1.807) is 0 Å². The van der Waals surface area contributed by atoms with Crippen molar-refractivity contribution in [1.82, 2.24) is 0 Å². The largest absolute Gasteiger partial charge is 0.379 e. The Morgan fingerprint density at radius 2 is 1.82 bits per heavy atom. The first-order chi connectivity index (χ1) is 7.95. The Kier molecular flexibility index (Phi) is 10.2. The third-order valence-electron chi connectivity index (χ3n) is 2.24. The monoisotopic (exact) mass is 286 g/mol. The van der Waals surface area contributed by atoms with Crippen molar-refractivity contribution in [3.63, 3.8) is 0 Å². The van der Waals surface area contributed by atoms with Crippen molar-refractivity contribution in [3.05, 3.63) is 0 Å². The van der Waals surface area contributed by atoms with E-state index in [4.69, 9.17) is 20.2 Å². The molecule has 0 rings (SSSR count). The Labute approximate surface area is 109 Å². The molecule has 0 aromatic carbocycles. The van der Waals surface area contributed by atoms with E-state index in [2.05, 4.69) is 0 Å². The molecule has 1 atom stereocenters. The second-order valence-corrected chi connectivity index (χ2v) is 6.89. The van der Waals surface area contributed by atoms with Gasteiger partial charge in [-0.05, 0) is 26.7 Å². The second kappa shape index (κ2) is 10.1.